The first-order valence-corrected chi connectivity index (χ1v) is 6.77. The molecule has 1 heterocycles. The SMILES string of the molecule is CNC(c1ccncc1F)c1ccc(Br)cc1C(F)(F)F. The molecule has 0 aliphatic heterocycles. The van der Waals surface area contributed by atoms with Crippen LogP contribution in [0, 0.1) is 5.82 Å². The van der Waals surface area contributed by atoms with Gasteiger partial charge in [-0.3, -0.25) is 4.98 Å². The van der Waals surface area contributed by atoms with Gasteiger partial charge in [-0.25, -0.2) is 4.39 Å². The second kappa shape index (κ2) is 6.11. The molecule has 2 nitrogen and oxygen atoms in total. The van der Waals surface area contributed by atoms with Crippen LogP contribution < -0.4 is 5.32 Å². The van der Waals surface area contributed by atoms with Gasteiger partial charge in [0, 0.05) is 16.2 Å². The Hall–Kier alpha value is -1.47. The van der Waals surface area contributed by atoms with Gasteiger partial charge in [0.2, 0.25) is 0 Å². The molecule has 0 bridgehead atoms. The van der Waals surface area contributed by atoms with Crippen LogP contribution in [0.25, 0.3) is 0 Å². The Balaban J connectivity index is 2.61. The van der Waals surface area contributed by atoms with Crippen LogP contribution in [-0.2, 0) is 6.18 Å². The van der Waals surface area contributed by atoms with Crippen molar-refractivity contribution in [2.75, 3.05) is 7.05 Å². The first kappa shape index (κ1) is 15.9. The Kier molecular flexibility index (Phi) is 4.63. The molecule has 21 heavy (non-hydrogen) atoms. The van der Waals surface area contributed by atoms with E-state index in [4.69, 9.17) is 0 Å². The lowest BCUT2D eigenvalue weighted by Crippen LogP contribution is -2.23. The second-order valence-electron chi connectivity index (χ2n) is 4.35. The molecule has 112 valence electrons. The Labute approximate surface area is 127 Å². The number of pyridine rings is 1. The van der Waals surface area contributed by atoms with Crippen molar-refractivity contribution in [2.24, 2.45) is 0 Å². The van der Waals surface area contributed by atoms with Crippen molar-refractivity contribution in [3.63, 3.8) is 0 Å². The van der Waals surface area contributed by atoms with Gasteiger partial charge in [0.05, 0.1) is 17.8 Å². The summed E-state index contributed by atoms with van der Waals surface area (Å²) in [6.45, 7) is 0. The number of benzene rings is 1. The van der Waals surface area contributed by atoms with E-state index in [1.54, 1.807) is 0 Å². The number of aromatic nitrogens is 1. The summed E-state index contributed by atoms with van der Waals surface area (Å²) < 4.78 is 53.7. The minimum atomic E-state index is -4.53. The fraction of sp³-hybridized carbons (Fsp3) is 0.214. The number of nitrogens with zero attached hydrogens (tertiary/aromatic N) is 1. The maximum absolute atomic E-state index is 13.8. The molecule has 1 aromatic heterocycles. The number of hydrogen-bond donors (Lipinski definition) is 1. The smallest absolute Gasteiger partial charge is 0.309 e. The van der Waals surface area contributed by atoms with Crippen LogP contribution in [0.15, 0.2) is 41.1 Å². The molecule has 7 heteroatoms. The molecule has 0 spiro atoms. The van der Waals surface area contributed by atoms with Crippen LogP contribution in [0.4, 0.5) is 17.6 Å². The van der Waals surface area contributed by atoms with Crippen LogP contribution in [0.3, 0.4) is 0 Å². The van der Waals surface area contributed by atoms with E-state index in [-0.39, 0.29) is 11.1 Å². The molecule has 0 fully saturated rings. The average molecular weight is 363 g/mol. The summed E-state index contributed by atoms with van der Waals surface area (Å²) in [5, 5.41) is 2.72. The van der Waals surface area contributed by atoms with Gasteiger partial charge in [-0.2, -0.15) is 13.2 Å². The largest absolute Gasteiger partial charge is 0.416 e. The molecule has 0 amide bonds. The van der Waals surface area contributed by atoms with E-state index in [1.165, 1.54) is 31.4 Å². The highest BCUT2D eigenvalue weighted by atomic mass is 79.9. The van der Waals surface area contributed by atoms with E-state index < -0.39 is 23.6 Å². The first-order chi connectivity index (χ1) is 9.84. The van der Waals surface area contributed by atoms with E-state index in [9.17, 15) is 17.6 Å². The number of rotatable bonds is 3. The highest BCUT2D eigenvalue weighted by Gasteiger charge is 2.36. The van der Waals surface area contributed by atoms with Gasteiger partial charge in [-0.1, -0.05) is 22.0 Å². The number of halogens is 5. The molecule has 2 rings (SSSR count). The summed E-state index contributed by atoms with van der Waals surface area (Å²) in [6.07, 6.45) is -2.21. The molecule has 0 aliphatic carbocycles. The van der Waals surface area contributed by atoms with Crippen molar-refractivity contribution in [3.05, 3.63) is 63.6 Å². The maximum atomic E-state index is 13.8. The molecule has 1 N–H and O–H groups in total. The highest BCUT2D eigenvalue weighted by molar-refractivity contribution is 9.10. The van der Waals surface area contributed by atoms with Crippen LogP contribution in [0.1, 0.15) is 22.7 Å². The molecule has 0 saturated heterocycles. The number of alkyl halides is 3. The van der Waals surface area contributed by atoms with E-state index in [0.717, 1.165) is 12.3 Å². The molecule has 1 atom stereocenters. The monoisotopic (exact) mass is 362 g/mol. The molecule has 0 saturated carbocycles. The Morgan fingerprint density at radius 2 is 1.90 bits per heavy atom. The van der Waals surface area contributed by atoms with Crippen LogP contribution in [0.2, 0.25) is 0 Å². The van der Waals surface area contributed by atoms with Gasteiger partial charge >= 0.3 is 6.18 Å². The van der Waals surface area contributed by atoms with Crippen LogP contribution in [-0.4, -0.2) is 12.0 Å². The zero-order chi connectivity index (χ0) is 15.6. The average Bonchev–Trinajstić information content (AvgIpc) is 2.42. The lowest BCUT2D eigenvalue weighted by atomic mass is 9.94. The van der Waals surface area contributed by atoms with Gasteiger partial charge in [0.25, 0.3) is 0 Å². The van der Waals surface area contributed by atoms with E-state index in [0.29, 0.717) is 4.47 Å². The summed E-state index contributed by atoms with van der Waals surface area (Å²) in [6, 6.07) is 4.25. The minimum Gasteiger partial charge on any atom is -0.309 e. The fourth-order valence-electron chi connectivity index (χ4n) is 2.12. The first-order valence-electron chi connectivity index (χ1n) is 5.98. The lowest BCUT2D eigenvalue weighted by Gasteiger charge is -2.22. The summed E-state index contributed by atoms with van der Waals surface area (Å²) in [5.74, 6) is -0.659. The number of hydrogen-bond acceptors (Lipinski definition) is 2. The third-order valence-corrected chi connectivity index (χ3v) is 3.53. The van der Waals surface area contributed by atoms with Crippen molar-refractivity contribution in [1.82, 2.24) is 10.3 Å². The molecule has 2 aromatic rings. The summed E-state index contributed by atoms with van der Waals surface area (Å²) in [4.78, 5) is 3.61. The lowest BCUT2D eigenvalue weighted by molar-refractivity contribution is -0.138. The van der Waals surface area contributed by atoms with Gasteiger partial charge in [-0.15, -0.1) is 0 Å². The summed E-state index contributed by atoms with van der Waals surface area (Å²) in [7, 11) is 1.48. The molecular formula is C14H11BrF4N2. The predicted octanol–water partition coefficient (Wildman–Crippen LogP) is 4.31. The predicted molar refractivity (Wildman–Crippen MR) is 74.2 cm³/mol. The third-order valence-electron chi connectivity index (χ3n) is 3.04. The maximum Gasteiger partial charge on any atom is 0.416 e. The van der Waals surface area contributed by atoms with Crippen molar-refractivity contribution in [2.45, 2.75) is 12.2 Å². The minimum absolute atomic E-state index is 0.0432. The third kappa shape index (κ3) is 3.41. The topological polar surface area (TPSA) is 24.9 Å². The zero-order valence-corrected chi connectivity index (χ0v) is 12.5. The van der Waals surface area contributed by atoms with Gasteiger partial charge in [0.1, 0.15) is 5.82 Å². The standard InChI is InChI=1S/C14H11BrF4N2/c1-20-13(10-4-5-21-7-12(10)16)9-3-2-8(15)6-11(9)14(17,18)19/h2-7,13,20H,1H3. The Morgan fingerprint density at radius 3 is 2.48 bits per heavy atom. The number of nitrogens with one attached hydrogen (secondary N) is 1. The Morgan fingerprint density at radius 1 is 1.19 bits per heavy atom. The molecule has 1 unspecified atom stereocenters. The molecule has 1 aromatic carbocycles. The second-order valence-corrected chi connectivity index (χ2v) is 5.26. The zero-order valence-electron chi connectivity index (χ0n) is 10.9. The quantitative estimate of drug-likeness (QED) is 0.823. The van der Waals surface area contributed by atoms with Crippen LogP contribution >= 0.6 is 15.9 Å². The molecular weight excluding hydrogens is 352 g/mol. The van der Waals surface area contributed by atoms with Crippen molar-refractivity contribution < 1.29 is 17.6 Å². The summed E-state index contributed by atoms with van der Waals surface area (Å²) in [5.41, 5.74) is -0.744. The van der Waals surface area contributed by atoms with Gasteiger partial charge < -0.3 is 5.32 Å². The van der Waals surface area contributed by atoms with Gasteiger partial charge in [0.15, 0.2) is 0 Å². The highest BCUT2D eigenvalue weighted by Crippen LogP contribution is 2.38. The van der Waals surface area contributed by atoms with Crippen molar-refractivity contribution >= 4 is 15.9 Å². The van der Waals surface area contributed by atoms with Crippen molar-refractivity contribution in [3.8, 4) is 0 Å². The van der Waals surface area contributed by atoms with Gasteiger partial charge in [-0.05, 0) is 30.8 Å². The van der Waals surface area contributed by atoms with E-state index in [1.807, 2.05) is 0 Å². The Bertz CT molecular complexity index is 643. The fourth-order valence-corrected chi connectivity index (χ4v) is 2.49. The molecule has 0 radical (unpaired) electrons. The normalized spacial score (nSPS) is 13.2. The van der Waals surface area contributed by atoms with E-state index >= 15 is 0 Å². The molecule has 0 aliphatic rings. The van der Waals surface area contributed by atoms with Crippen molar-refractivity contribution in [1.29, 1.82) is 0 Å². The summed E-state index contributed by atoms with van der Waals surface area (Å²) >= 11 is 3.03. The van der Waals surface area contributed by atoms with E-state index in [2.05, 4.69) is 26.2 Å². The van der Waals surface area contributed by atoms with Crippen LogP contribution in [0.5, 0.6) is 0 Å².